The maximum Gasteiger partial charge on any atom is 0.267 e. The summed E-state index contributed by atoms with van der Waals surface area (Å²) in [4.78, 5) is 21.6. The first-order valence-electron chi connectivity index (χ1n) is 12.3. The molecule has 33 heavy (non-hydrogen) atoms. The summed E-state index contributed by atoms with van der Waals surface area (Å²) in [7, 11) is 0. The number of carbonyl (C=O) groups is 1. The zero-order valence-corrected chi connectivity index (χ0v) is 20.9. The van der Waals surface area contributed by atoms with Crippen molar-refractivity contribution < 1.29 is 4.79 Å². The van der Waals surface area contributed by atoms with E-state index in [0.717, 1.165) is 57.7 Å². The topological polar surface area (TPSA) is 37.6 Å². The quantitative estimate of drug-likeness (QED) is 0.427. The molecular weight excluding hydrogens is 450 g/mol. The van der Waals surface area contributed by atoms with Crippen LogP contribution < -0.4 is 0 Å². The van der Waals surface area contributed by atoms with Crippen molar-refractivity contribution in [1.29, 1.82) is 0 Å². The lowest BCUT2D eigenvalue weighted by Crippen LogP contribution is -2.41. The summed E-state index contributed by atoms with van der Waals surface area (Å²) >= 11 is 7.95. The van der Waals surface area contributed by atoms with Crippen LogP contribution in [0, 0.1) is 6.92 Å². The number of hydrogen-bond donors (Lipinski definition) is 0. The molecule has 3 aliphatic rings. The van der Waals surface area contributed by atoms with E-state index in [-0.39, 0.29) is 11.9 Å². The summed E-state index contributed by atoms with van der Waals surface area (Å²) in [5.74, 6) is 0.121. The standard InChI is InChI=1S/C27H32ClN3OS/c1-19-14-15-23(17-24(19)28)30-16-8-13-22(30)18-25-26(32)31(21-11-6-3-7-12-21)27(33-25)29-20-9-4-2-5-10-20/h8,13-18,20-21H,2-7,9-12H2,1H3. The average Bonchev–Trinajstić information content (AvgIpc) is 3.41. The van der Waals surface area contributed by atoms with Gasteiger partial charge in [0.1, 0.15) is 0 Å². The average molecular weight is 482 g/mol. The first-order valence-corrected chi connectivity index (χ1v) is 13.5. The maximum absolute atomic E-state index is 13.7. The van der Waals surface area contributed by atoms with Gasteiger partial charge in [0.05, 0.1) is 10.9 Å². The molecular formula is C27H32ClN3OS. The molecule has 1 aliphatic heterocycles. The Morgan fingerprint density at radius 3 is 2.48 bits per heavy atom. The molecule has 1 amide bonds. The predicted octanol–water partition coefficient (Wildman–Crippen LogP) is 7.38. The van der Waals surface area contributed by atoms with Gasteiger partial charge in [0, 0.05) is 28.6 Å². The number of aryl methyl sites for hydroxylation is 1. The minimum atomic E-state index is 0.121. The maximum atomic E-state index is 13.7. The molecule has 1 saturated heterocycles. The van der Waals surface area contributed by atoms with Crippen molar-refractivity contribution in [1.82, 2.24) is 9.47 Å². The van der Waals surface area contributed by atoms with E-state index in [1.165, 1.54) is 38.5 Å². The van der Waals surface area contributed by atoms with Gasteiger partial charge in [-0.05, 0) is 80.3 Å². The highest BCUT2D eigenvalue weighted by molar-refractivity contribution is 8.18. The van der Waals surface area contributed by atoms with Crippen molar-refractivity contribution in [3.05, 3.63) is 57.7 Å². The first-order chi connectivity index (χ1) is 16.1. The number of thioether (sulfide) groups is 1. The van der Waals surface area contributed by atoms with Gasteiger partial charge in [-0.25, -0.2) is 0 Å². The van der Waals surface area contributed by atoms with Crippen LogP contribution in [0.1, 0.15) is 75.5 Å². The third-order valence-corrected chi connectivity index (χ3v) is 8.54. The van der Waals surface area contributed by atoms with Crippen molar-refractivity contribution in [2.24, 2.45) is 4.99 Å². The second-order valence-electron chi connectivity index (χ2n) is 9.52. The molecule has 2 heterocycles. The largest absolute Gasteiger partial charge is 0.317 e. The van der Waals surface area contributed by atoms with E-state index in [1.54, 1.807) is 11.8 Å². The van der Waals surface area contributed by atoms with Crippen LogP contribution >= 0.6 is 23.4 Å². The number of amides is 1. The van der Waals surface area contributed by atoms with Crippen LogP contribution in [0.15, 0.2) is 46.4 Å². The smallest absolute Gasteiger partial charge is 0.267 e. The van der Waals surface area contributed by atoms with Crippen molar-refractivity contribution in [3.63, 3.8) is 0 Å². The lowest BCUT2D eigenvalue weighted by Gasteiger charge is -2.31. The molecule has 6 heteroatoms. The normalized spacial score (nSPS) is 23.2. The van der Waals surface area contributed by atoms with Gasteiger partial charge in [-0.15, -0.1) is 0 Å². The Morgan fingerprint density at radius 2 is 1.76 bits per heavy atom. The van der Waals surface area contributed by atoms with Crippen LogP contribution in [0.25, 0.3) is 11.8 Å². The second-order valence-corrected chi connectivity index (χ2v) is 10.9. The van der Waals surface area contributed by atoms with E-state index >= 15 is 0 Å². The highest BCUT2D eigenvalue weighted by atomic mass is 35.5. The third kappa shape index (κ3) is 4.95. The minimum absolute atomic E-state index is 0.121. The molecule has 0 spiro atoms. The van der Waals surface area contributed by atoms with Gasteiger partial charge in [0.25, 0.3) is 5.91 Å². The minimum Gasteiger partial charge on any atom is -0.317 e. The van der Waals surface area contributed by atoms with Crippen LogP contribution in [-0.4, -0.2) is 32.6 Å². The van der Waals surface area contributed by atoms with E-state index in [0.29, 0.717) is 6.04 Å². The van der Waals surface area contributed by atoms with Crippen LogP contribution in [-0.2, 0) is 4.79 Å². The summed E-state index contributed by atoms with van der Waals surface area (Å²) in [5.41, 5.74) is 3.03. The molecule has 1 aromatic carbocycles. The molecule has 5 rings (SSSR count). The van der Waals surface area contributed by atoms with Gasteiger partial charge in [-0.3, -0.25) is 14.7 Å². The molecule has 174 valence electrons. The summed E-state index contributed by atoms with van der Waals surface area (Å²) < 4.78 is 2.09. The van der Waals surface area contributed by atoms with Crippen LogP contribution in [0.2, 0.25) is 5.02 Å². The highest BCUT2D eigenvalue weighted by Crippen LogP contribution is 2.38. The fraction of sp³-hybridized carbons (Fsp3) is 0.481. The molecule has 0 bridgehead atoms. The van der Waals surface area contributed by atoms with E-state index in [9.17, 15) is 4.79 Å². The molecule has 0 atom stereocenters. The molecule has 0 unspecified atom stereocenters. The number of aromatic nitrogens is 1. The van der Waals surface area contributed by atoms with Crippen LogP contribution in [0.4, 0.5) is 0 Å². The zero-order valence-electron chi connectivity index (χ0n) is 19.3. The van der Waals surface area contributed by atoms with E-state index in [4.69, 9.17) is 16.6 Å². The van der Waals surface area contributed by atoms with Crippen molar-refractivity contribution in [2.75, 3.05) is 0 Å². The van der Waals surface area contributed by atoms with E-state index in [1.807, 2.05) is 42.3 Å². The summed E-state index contributed by atoms with van der Waals surface area (Å²) in [6.45, 7) is 2.01. The number of carbonyl (C=O) groups excluding carboxylic acids is 1. The summed E-state index contributed by atoms with van der Waals surface area (Å²) in [5, 5.41) is 1.68. The molecule has 2 aliphatic carbocycles. The fourth-order valence-corrected chi connectivity index (χ4v) is 6.49. The van der Waals surface area contributed by atoms with Crippen LogP contribution in [0.5, 0.6) is 0 Å². The van der Waals surface area contributed by atoms with E-state index < -0.39 is 0 Å². The number of halogens is 1. The van der Waals surface area contributed by atoms with Gasteiger partial charge in [0.2, 0.25) is 0 Å². The predicted molar refractivity (Wildman–Crippen MR) is 139 cm³/mol. The molecule has 4 nitrogen and oxygen atoms in total. The van der Waals surface area contributed by atoms with Crippen LogP contribution in [0.3, 0.4) is 0 Å². The monoisotopic (exact) mass is 481 g/mol. The SMILES string of the molecule is Cc1ccc(-n2cccc2C=C2SC(=NC3CCCCC3)N(C3CCCCC3)C2=O)cc1Cl. The Morgan fingerprint density at radius 1 is 1.03 bits per heavy atom. The highest BCUT2D eigenvalue weighted by Gasteiger charge is 2.39. The number of nitrogens with zero attached hydrogens (tertiary/aromatic N) is 3. The molecule has 0 radical (unpaired) electrons. The van der Waals surface area contributed by atoms with Gasteiger partial charge >= 0.3 is 0 Å². The Labute approximate surface area is 206 Å². The number of hydrogen-bond acceptors (Lipinski definition) is 3. The Balaban J connectivity index is 1.47. The van der Waals surface area contributed by atoms with Crippen molar-refractivity contribution >= 4 is 40.5 Å². The Kier molecular flexibility index (Phi) is 6.98. The summed E-state index contributed by atoms with van der Waals surface area (Å²) in [6, 6.07) is 10.8. The van der Waals surface area contributed by atoms with Crippen molar-refractivity contribution in [2.45, 2.75) is 83.2 Å². The van der Waals surface area contributed by atoms with Crippen molar-refractivity contribution in [3.8, 4) is 5.69 Å². The molecule has 0 N–H and O–H groups in total. The molecule has 2 saturated carbocycles. The number of rotatable bonds is 4. The molecule has 2 aromatic rings. The second kappa shape index (κ2) is 10.1. The summed E-state index contributed by atoms with van der Waals surface area (Å²) in [6.07, 6.45) is 16.0. The van der Waals surface area contributed by atoms with Gasteiger partial charge in [0.15, 0.2) is 5.17 Å². The molecule has 3 fully saturated rings. The molecule has 1 aromatic heterocycles. The number of amidine groups is 1. The third-order valence-electron chi connectivity index (χ3n) is 7.14. The Bertz CT molecular complexity index is 1080. The van der Waals surface area contributed by atoms with Gasteiger partial charge in [-0.1, -0.05) is 56.2 Å². The lowest BCUT2D eigenvalue weighted by molar-refractivity contribution is -0.124. The lowest BCUT2D eigenvalue weighted by atomic mass is 9.94. The number of benzene rings is 1. The Hall–Kier alpha value is -1.98. The zero-order chi connectivity index (χ0) is 22.8. The van der Waals surface area contributed by atoms with Gasteiger partial charge < -0.3 is 4.57 Å². The number of aliphatic imine (C=N–C) groups is 1. The fourth-order valence-electron chi connectivity index (χ4n) is 5.22. The van der Waals surface area contributed by atoms with E-state index in [2.05, 4.69) is 16.7 Å². The first kappa shape index (κ1) is 22.8. The van der Waals surface area contributed by atoms with Gasteiger partial charge in [-0.2, -0.15) is 0 Å².